The Kier molecular flexibility index (Phi) is 16.5. The molecule has 0 spiro atoms. The SMILES string of the molecule is C=CC[N+](C)(C)CC=C.C=CN1CCCC1=O.C=Cn1ccnc1.CCN(CC)C(=O)[C@@H]1C=C2c3cccc4[nH]cc(c34)C[C@H]2N(C)C1.[Cl-]. The predicted octanol–water partition coefficient (Wildman–Crippen LogP) is 3.08. The largest absolute Gasteiger partial charge is 1.00 e. The lowest BCUT2D eigenvalue weighted by molar-refractivity contribution is -0.878. The van der Waals surface area contributed by atoms with Gasteiger partial charge in [-0.2, -0.15) is 0 Å². The van der Waals surface area contributed by atoms with Crippen molar-refractivity contribution in [1.29, 1.82) is 0 Å². The van der Waals surface area contributed by atoms with E-state index in [9.17, 15) is 9.59 Å². The van der Waals surface area contributed by atoms with Crippen LogP contribution in [0.4, 0.5) is 0 Å². The van der Waals surface area contributed by atoms with Gasteiger partial charge < -0.3 is 36.2 Å². The minimum absolute atomic E-state index is 0. The Hall–Kier alpha value is -4.18. The van der Waals surface area contributed by atoms with E-state index in [1.165, 1.54) is 27.6 Å². The molecular weight excluding hydrogens is 634 g/mol. The summed E-state index contributed by atoms with van der Waals surface area (Å²) in [5.41, 5.74) is 5.21. The van der Waals surface area contributed by atoms with Gasteiger partial charge in [0.05, 0.1) is 39.4 Å². The molecule has 2 atom stereocenters. The molecular formula is C39H56ClN7O2. The number of aromatic nitrogens is 3. The van der Waals surface area contributed by atoms with Crippen molar-refractivity contribution in [3.05, 3.63) is 105 Å². The second kappa shape index (κ2) is 19.7. The van der Waals surface area contributed by atoms with Crippen LogP contribution in [0.15, 0.2) is 93.9 Å². The first-order valence-electron chi connectivity index (χ1n) is 16.9. The van der Waals surface area contributed by atoms with E-state index in [0.717, 1.165) is 56.6 Å². The number of carbonyl (C=O) groups excluding carboxylic acids is 2. The molecule has 9 nitrogen and oxygen atoms in total. The average Bonchev–Trinajstić information content (AvgIpc) is 3.85. The summed E-state index contributed by atoms with van der Waals surface area (Å²) in [5.74, 6) is 0.418. The normalized spacial score (nSPS) is 17.7. The Balaban J connectivity index is 0.000000274. The van der Waals surface area contributed by atoms with Crippen LogP contribution in [0.1, 0.15) is 37.8 Å². The Morgan fingerprint density at radius 3 is 2.29 bits per heavy atom. The van der Waals surface area contributed by atoms with E-state index >= 15 is 0 Å². The van der Waals surface area contributed by atoms with Crippen molar-refractivity contribution < 1.29 is 26.5 Å². The molecule has 1 N–H and O–H groups in total. The third-order valence-electron chi connectivity index (χ3n) is 8.97. The maximum atomic E-state index is 12.9. The first-order valence-corrected chi connectivity index (χ1v) is 16.9. The van der Waals surface area contributed by atoms with Gasteiger partial charge in [0.25, 0.3) is 0 Å². The summed E-state index contributed by atoms with van der Waals surface area (Å²) in [6.07, 6.45) is 19.5. The summed E-state index contributed by atoms with van der Waals surface area (Å²) < 4.78 is 2.73. The predicted molar refractivity (Wildman–Crippen MR) is 200 cm³/mol. The van der Waals surface area contributed by atoms with Crippen molar-refractivity contribution >= 4 is 34.5 Å². The molecule has 4 heterocycles. The van der Waals surface area contributed by atoms with Gasteiger partial charge in [-0.3, -0.25) is 14.5 Å². The lowest BCUT2D eigenvalue weighted by atomic mass is 9.79. The molecule has 49 heavy (non-hydrogen) atoms. The van der Waals surface area contributed by atoms with Crippen LogP contribution in [-0.2, 0) is 16.0 Å². The summed E-state index contributed by atoms with van der Waals surface area (Å²) in [4.78, 5) is 36.7. The maximum absolute atomic E-state index is 12.9. The van der Waals surface area contributed by atoms with E-state index in [-0.39, 0.29) is 30.1 Å². The first-order chi connectivity index (χ1) is 23.0. The summed E-state index contributed by atoms with van der Waals surface area (Å²) >= 11 is 0. The van der Waals surface area contributed by atoms with E-state index in [1.807, 2.05) is 23.2 Å². The zero-order chi connectivity index (χ0) is 35.3. The number of fused-ring (bicyclic) bond motifs is 2. The molecule has 1 saturated heterocycles. The number of aromatic amines is 1. The number of quaternary nitrogens is 1. The van der Waals surface area contributed by atoms with Crippen molar-refractivity contribution in [3.8, 4) is 0 Å². The van der Waals surface area contributed by atoms with Gasteiger partial charge in [-0.15, -0.1) is 0 Å². The van der Waals surface area contributed by atoms with E-state index in [4.69, 9.17) is 0 Å². The number of hydrogen-bond donors (Lipinski definition) is 1. The lowest BCUT2D eigenvalue weighted by Gasteiger charge is -2.40. The Labute approximate surface area is 300 Å². The molecule has 0 unspecified atom stereocenters. The molecule has 1 aromatic carbocycles. The number of halogens is 1. The third kappa shape index (κ3) is 10.9. The van der Waals surface area contributed by atoms with Crippen LogP contribution in [0.3, 0.4) is 0 Å². The van der Waals surface area contributed by atoms with Crippen molar-refractivity contribution in [1.82, 2.24) is 29.2 Å². The highest BCUT2D eigenvalue weighted by Gasteiger charge is 2.36. The van der Waals surface area contributed by atoms with E-state index in [0.29, 0.717) is 12.5 Å². The highest BCUT2D eigenvalue weighted by Crippen LogP contribution is 2.40. The molecule has 2 aromatic heterocycles. The number of carbonyl (C=O) groups is 2. The number of hydrogen-bond acceptors (Lipinski definition) is 4. The van der Waals surface area contributed by atoms with Gasteiger partial charge in [-0.1, -0.05) is 44.5 Å². The maximum Gasteiger partial charge on any atom is 0.230 e. The molecule has 266 valence electrons. The molecule has 0 saturated carbocycles. The molecule has 2 aliphatic heterocycles. The number of likely N-dealkylation sites (tertiary alicyclic amines) is 1. The second-order valence-electron chi connectivity index (χ2n) is 12.9. The average molecular weight is 690 g/mol. The van der Waals surface area contributed by atoms with Crippen molar-refractivity contribution in [2.45, 2.75) is 39.2 Å². The minimum Gasteiger partial charge on any atom is -1.00 e. The first kappa shape index (κ1) is 41.0. The van der Waals surface area contributed by atoms with E-state index < -0.39 is 0 Å². The fraction of sp³-hybridized carbons (Fsp3) is 0.410. The van der Waals surface area contributed by atoms with Gasteiger partial charge >= 0.3 is 0 Å². The molecule has 2 amide bonds. The molecule has 0 radical (unpaired) electrons. The van der Waals surface area contributed by atoms with Crippen LogP contribution in [0.2, 0.25) is 0 Å². The summed E-state index contributed by atoms with van der Waals surface area (Å²) in [5, 5.41) is 1.34. The number of H-pyrrole nitrogens is 1. The zero-order valence-electron chi connectivity index (χ0n) is 30.2. The van der Waals surface area contributed by atoms with Gasteiger partial charge in [-0.05, 0) is 74.9 Å². The quantitative estimate of drug-likeness (QED) is 0.277. The smallest absolute Gasteiger partial charge is 0.230 e. The van der Waals surface area contributed by atoms with Crippen LogP contribution in [-0.4, -0.2) is 112 Å². The van der Waals surface area contributed by atoms with Crippen molar-refractivity contribution in [2.75, 3.05) is 60.4 Å². The van der Waals surface area contributed by atoms with Gasteiger partial charge in [0.1, 0.15) is 0 Å². The number of nitrogens with zero attached hydrogens (tertiary/aromatic N) is 6. The molecule has 1 fully saturated rings. The van der Waals surface area contributed by atoms with Crippen molar-refractivity contribution in [2.24, 2.45) is 5.92 Å². The molecule has 10 heteroatoms. The number of amides is 2. The molecule has 0 bridgehead atoms. The monoisotopic (exact) mass is 689 g/mol. The standard InChI is InChI=1S/C20H25N3O.C8H16N.C6H9NO.C5H6N2.ClH/c1-4-23(5-2)20(24)14-9-16-15-7-6-8-17-19(15)13(11-21-17)10-18(16)22(3)12-14;1-5-7-9(3,4)8-6-2;1-2-7-5-3-4-6(7)8;1-2-7-4-3-6-5-7;/h6-9,11,14,18,21H,4-5,10,12H2,1-3H3;5-6H,1-2,7-8H2,3-4H3;2H,1,3-5H2;2-5H,1H2;1H/q;+1;;;/p-1/t14-,18-;;;;/m1..../s1. The minimum atomic E-state index is -0.0445. The van der Waals surface area contributed by atoms with Gasteiger partial charge in [0.2, 0.25) is 11.8 Å². The fourth-order valence-corrected chi connectivity index (χ4v) is 6.39. The van der Waals surface area contributed by atoms with Crippen molar-refractivity contribution in [3.63, 3.8) is 0 Å². The Morgan fingerprint density at radius 1 is 1.10 bits per heavy atom. The number of rotatable bonds is 9. The molecule has 3 aliphatic rings. The topological polar surface area (TPSA) is 77.5 Å². The van der Waals surface area contributed by atoms with Crippen LogP contribution in [0.5, 0.6) is 0 Å². The lowest BCUT2D eigenvalue weighted by Crippen LogP contribution is -3.00. The van der Waals surface area contributed by atoms with Crippen LogP contribution in [0, 0.1) is 5.92 Å². The number of imidazole rings is 1. The molecule has 1 aliphatic carbocycles. The number of likely N-dealkylation sites (N-methyl/N-ethyl adjacent to an activating group) is 2. The number of nitrogens with one attached hydrogen (secondary N) is 1. The van der Waals surface area contributed by atoms with E-state index in [1.54, 1.807) is 34.4 Å². The summed E-state index contributed by atoms with van der Waals surface area (Å²) in [7, 11) is 6.46. The van der Waals surface area contributed by atoms with Gasteiger partial charge in [-0.25, -0.2) is 4.98 Å². The second-order valence-corrected chi connectivity index (χ2v) is 12.9. The summed E-state index contributed by atoms with van der Waals surface area (Å²) in [6, 6.07) is 6.82. The highest BCUT2D eigenvalue weighted by atomic mass is 35.5. The van der Waals surface area contributed by atoms with Crippen LogP contribution >= 0.6 is 0 Å². The van der Waals surface area contributed by atoms with Crippen LogP contribution < -0.4 is 12.4 Å². The van der Waals surface area contributed by atoms with E-state index in [2.05, 4.69) is 107 Å². The summed E-state index contributed by atoms with van der Waals surface area (Å²) in [6.45, 7) is 23.7. The number of benzene rings is 1. The zero-order valence-corrected chi connectivity index (χ0v) is 30.9. The van der Waals surface area contributed by atoms with Crippen LogP contribution in [0.25, 0.3) is 22.7 Å². The van der Waals surface area contributed by atoms with Gasteiger partial charge in [0, 0.05) is 74.3 Å². The Bertz CT molecular complexity index is 1560. The molecule has 3 aromatic rings. The highest BCUT2D eigenvalue weighted by molar-refractivity contribution is 5.99. The Morgan fingerprint density at radius 2 is 1.80 bits per heavy atom. The molecule has 6 rings (SSSR count). The third-order valence-corrected chi connectivity index (χ3v) is 8.97. The fourth-order valence-electron chi connectivity index (χ4n) is 6.39. The van der Waals surface area contributed by atoms with Gasteiger partial charge in [0.15, 0.2) is 0 Å².